The standard InChI is InChI=1S/C13H13ClN4/c1-7-2-3-9(16)5-10(7)11-4-8(6-15)12(17)13(14)18-11/h2-6,15H,16-17H2,1H3. The molecular formula is C13H13ClN4. The highest BCUT2D eigenvalue weighted by atomic mass is 35.5. The largest absolute Gasteiger partial charge is 0.399 e. The first-order chi connectivity index (χ1) is 8.52. The maximum atomic E-state index is 7.32. The van der Waals surface area contributed by atoms with Crippen molar-refractivity contribution in [1.29, 1.82) is 5.41 Å². The second kappa shape index (κ2) is 4.66. The third kappa shape index (κ3) is 2.15. The molecule has 1 heterocycles. The van der Waals surface area contributed by atoms with Gasteiger partial charge < -0.3 is 16.9 Å². The molecule has 0 aliphatic heterocycles. The normalized spacial score (nSPS) is 10.3. The summed E-state index contributed by atoms with van der Waals surface area (Å²) in [6.45, 7) is 1.96. The lowest BCUT2D eigenvalue weighted by atomic mass is 10.0. The van der Waals surface area contributed by atoms with E-state index in [2.05, 4.69) is 4.98 Å². The first kappa shape index (κ1) is 12.4. The van der Waals surface area contributed by atoms with Crippen molar-refractivity contribution in [2.24, 2.45) is 0 Å². The number of anilines is 2. The van der Waals surface area contributed by atoms with E-state index in [1.165, 1.54) is 0 Å². The number of hydrogen-bond acceptors (Lipinski definition) is 4. The molecule has 2 rings (SSSR count). The summed E-state index contributed by atoms with van der Waals surface area (Å²) in [5, 5.41) is 7.52. The van der Waals surface area contributed by atoms with Crippen LogP contribution in [0.4, 0.5) is 11.4 Å². The van der Waals surface area contributed by atoms with Crippen molar-refractivity contribution in [2.45, 2.75) is 6.92 Å². The second-order valence-corrected chi connectivity index (χ2v) is 4.38. The molecule has 18 heavy (non-hydrogen) atoms. The Hall–Kier alpha value is -2.07. The van der Waals surface area contributed by atoms with Crippen molar-refractivity contribution >= 4 is 29.2 Å². The fourth-order valence-electron chi connectivity index (χ4n) is 1.72. The van der Waals surface area contributed by atoms with Gasteiger partial charge in [0.25, 0.3) is 0 Å². The van der Waals surface area contributed by atoms with E-state index in [1.807, 2.05) is 25.1 Å². The summed E-state index contributed by atoms with van der Waals surface area (Å²) in [5.41, 5.74) is 15.6. The zero-order valence-electron chi connectivity index (χ0n) is 9.87. The van der Waals surface area contributed by atoms with Gasteiger partial charge in [-0.2, -0.15) is 0 Å². The molecule has 1 aromatic heterocycles. The minimum Gasteiger partial charge on any atom is -0.399 e. The number of pyridine rings is 1. The van der Waals surface area contributed by atoms with E-state index in [0.717, 1.165) is 17.3 Å². The molecule has 0 radical (unpaired) electrons. The van der Waals surface area contributed by atoms with E-state index < -0.39 is 0 Å². The van der Waals surface area contributed by atoms with Crippen LogP contribution in [0.1, 0.15) is 11.1 Å². The SMILES string of the molecule is Cc1ccc(N)cc1-c1cc(C=N)c(N)c(Cl)n1. The third-order valence-corrected chi connectivity index (χ3v) is 3.03. The van der Waals surface area contributed by atoms with Gasteiger partial charge in [-0.3, -0.25) is 0 Å². The number of nitrogens with zero attached hydrogens (tertiary/aromatic N) is 1. The van der Waals surface area contributed by atoms with Crippen LogP contribution in [0.15, 0.2) is 24.3 Å². The molecule has 0 bridgehead atoms. The van der Waals surface area contributed by atoms with Crippen LogP contribution in [0.5, 0.6) is 0 Å². The topological polar surface area (TPSA) is 88.8 Å². The third-order valence-electron chi connectivity index (χ3n) is 2.74. The number of aryl methyl sites for hydroxylation is 1. The van der Waals surface area contributed by atoms with Gasteiger partial charge in [-0.15, -0.1) is 0 Å². The molecule has 4 nitrogen and oxygen atoms in total. The Labute approximate surface area is 110 Å². The van der Waals surface area contributed by atoms with Crippen molar-refractivity contribution in [3.63, 3.8) is 0 Å². The Morgan fingerprint density at radius 1 is 1.28 bits per heavy atom. The minimum atomic E-state index is 0.202. The number of hydrogen-bond donors (Lipinski definition) is 3. The van der Waals surface area contributed by atoms with Gasteiger partial charge in [-0.1, -0.05) is 17.7 Å². The molecule has 0 spiro atoms. The molecule has 0 saturated carbocycles. The van der Waals surface area contributed by atoms with Gasteiger partial charge in [-0.05, 0) is 30.7 Å². The first-order valence-corrected chi connectivity index (χ1v) is 5.73. The number of nitrogens with one attached hydrogen (secondary N) is 1. The lowest BCUT2D eigenvalue weighted by molar-refractivity contribution is 1.30. The van der Waals surface area contributed by atoms with Crippen LogP contribution in [-0.4, -0.2) is 11.2 Å². The predicted octanol–water partition coefficient (Wildman–Crippen LogP) is 2.87. The molecule has 0 unspecified atom stereocenters. The van der Waals surface area contributed by atoms with Crippen molar-refractivity contribution in [1.82, 2.24) is 4.98 Å². The van der Waals surface area contributed by atoms with Crippen molar-refractivity contribution in [3.05, 3.63) is 40.5 Å². The van der Waals surface area contributed by atoms with Crippen molar-refractivity contribution < 1.29 is 0 Å². The van der Waals surface area contributed by atoms with E-state index in [0.29, 0.717) is 22.6 Å². The van der Waals surface area contributed by atoms with Gasteiger partial charge in [0.1, 0.15) is 0 Å². The highest BCUT2D eigenvalue weighted by molar-refractivity contribution is 6.32. The summed E-state index contributed by atoms with van der Waals surface area (Å²) in [6.07, 6.45) is 1.16. The van der Waals surface area contributed by atoms with E-state index >= 15 is 0 Å². The molecule has 0 saturated heterocycles. The van der Waals surface area contributed by atoms with Gasteiger partial charge in [0.15, 0.2) is 5.15 Å². The average molecular weight is 261 g/mol. The number of aromatic nitrogens is 1. The van der Waals surface area contributed by atoms with Crippen LogP contribution in [0.25, 0.3) is 11.3 Å². The molecule has 5 heteroatoms. The molecular weight excluding hydrogens is 248 g/mol. The Kier molecular flexibility index (Phi) is 3.21. The average Bonchev–Trinajstić information content (AvgIpc) is 2.35. The second-order valence-electron chi connectivity index (χ2n) is 4.02. The zero-order chi connectivity index (χ0) is 13.3. The van der Waals surface area contributed by atoms with E-state index in [4.69, 9.17) is 28.5 Å². The van der Waals surface area contributed by atoms with Gasteiger partial charge >= 0.3 is 0 Å². The monoisotopic (exact) mass is 260 g/mol. The van der Waals surface area contributed by atoms with E-state index in [9.17, 15) is 0 Å². The quantitative estimate of drug-likeness (QED) is 0.441. The predicted molar refractivity (Wildman–Crippen MR) is 76.1 cm³/mol. The molecule has 0 aliphatic rings. The van der Waals surface area contributed by atoms with Crippen LogP contribution in [0, 0.1) is 12.3 Å². The Balaban J connectivity index is 2.67. The van der Waals surface area contributed by atoms with Gasteiger partial charge in [0.2, 0.25) is 0 Å². The number of nitrogens with two attached hydrogens (primary N) is 2. The maximum Gasteiger partial charge on any atom is 0.153 e. The Morgan fingerprint density at radius 3 is 2.67 bits per heavy atom. The highest BCUT2D eigenvalue weighted by Gasteiger charge is 2.10. The zero-order valence-corrected chi connectivity index (χ0v) is 10.6. The van der Waals surface area contributed by atoms with E-state index in [-0.39, 0.29) is 5.15 Å². The summed E-state index contributed by atoms with van der Waals surface area (Å²) in [4.78, 5) is 4.24. The number of halogens is 1. The smallest absolute Gasteiger partial charge is 0.153 e. The Morgan fingerprint density at radius 2 is 2.00 bits per heavy atom. The van der Waals surface area contributed by atoms with Crippen molar-refractivity contribution in [3.8, 4) is 11.3 Å². The molecule has 2 aromatic rings. The van der Waals surface area contributed by atoms with Gasteiger partial charge in [-0.25, -0.2) is 4.98 Å². The maximum absolute atomic E-state index is 7.32. The summed E-state index contributed by atoms with van der Waals surface area (Å²) in [5.74, 6) is 0. The van der Waals surface area contributed by atoms with Crippen LogP contribution < -0.4 is 11.5 Å². The van der Waals surface area contributed by atoms with Crippen LogP contribution in [-0.2, 0) is 0 Å². The molecule has 0 aliphatic carbocycles. The van der Waals surface area contributed by atoms with Crippen molar-refractivity contribution in [2.75, 3.05) is 11.5 Å². The lowest BCUT2D eigenvalue weighted by Gasteiger charge is -2.10. The Bertz CT molecular complexity index is 623. The first-order valence-electron chi connectivity index (χ1n) is 5.36. The van der Waals surface area contributed by atoms with E-state index in [1.54, 1.807) is 6.07 Å². The molecule has 1 aromatic carbocycles. The molecule has 0 amide bonds. The minimum absolute atomic E-state index is 0.202. The molecule has 0 fully saturated rings. The fraction of sp³-hybridized carbons (Fsp3) is 0.0769. The molecule has 92 valence electrons. The summed E-state index contributed by atoms with van der Waals surface area (Å²) in [6, 6.07) is 7.31. The fourth-order valence-corrected chi connectivity index (χ4v) is 1.92. The molecule has 0 atom stereocenters. The highest BCUT2D eigenvalue weighted by Crippen LogP contribution is 2.29. The number of benzene rings is 1. The summed E-state index contributed by atoms with van der Waals surface area (Å²) >= 11 is 5.97. The lowest BCUT2D eigenvalue weighted by Crippen LogP contribution is -1.99. The van der Waals surface area contributed by atoms with Crippen LogP contribution in [0.2, 0.25) is 5.15 Å². The molecule has 5 N–H and O–H groups in total. The number of rotatable bonds is 2. The summed E-state index contributed by atoms with van der Waals surface area (Å²) < 4.78 is 0. The van der Waals surface area contributed by atoms with Crippen LogP contribution >= 0.6 is 11.6 Å². The number of nitrogen functional groups attached to an aromatic ring is 2. The van der Waals surface area contributed by atoms with Gasteiger partial charge in [0.05, 0.1) is 11.4 Å². The van der Waals surface area contributed by atoms with Gasteiger partial charge in [0, 0.05) is 23.0 Å². The van der Waals surface area contributed by atoms with Crippen LogP contribution in [0.3, 0.4) is 0 Å². The summed E-state index contributed by atoms with van der Waals surface area (Å²) in [7, 11) is 0.